The minimum atomic E-state index is -4.35. The van der Waals surface area contributed by atoms with Crippen molar-refractivity contribution in [3.05, 3.63) is 23.4 Å². The van der Waals surface area contributed by atoms with E-state index in [9.17, 15) is 13.2 Å². The van der Waals surface area contributed by atoms with Gasteiger partial charge >= 0.3 is 12.0 Å². The van der Waals surface area contributed by atoms with Crippen molar-refractivity contribution in [2.75, 3.05) is 25.6 Å². The number of sulfonamides is 1. The second-order valence-electron chi connectivity index (χ2n) is 5.37. The highest BCUT2D eigenvalue weighted by Gasteiger charge is 2.31. The molecule has 14 heteroatoms. The molecule has 2 amide bonds. The van der Waals surface area contributed by atoms with E-state index in [1.165, 1.54) is 14.0 Å². The molecule has 0 spiro atoms. The third-order valence-corrected chi connectivity index (χ3v) is 4.84. The molecule has 0 saturated carbocycles. The smallest absolute Gasteiger partial charge is 0.335 e. The van der Waals surface area contributed by atoms with Crippen LogP contribution in [0.2, 0.25) is 0 Å². The molecule has 0 fully saturated rings. The second-order valence-corrected chi connectivity index (χ2v) is 6.98. The third-order valence-electron chi connectivity index (χ3n) is 3.34. The van der Waals surface area contributed by atoms with E-state index in [4.69, 9.17) is 18.7 Å². The Kier molecular flexibility index (Phi) is 10.3. The number of carbonyl (C=O) groups is 1. The Bertz CT molecular complexity index is 1040. The van der Waals surface area contributed by atoms with Crippen LogP contribution in [0, 0.1) is 13.8 Å². The number of aromatic nitrogens is 3. The van der Waals surface area contributed by atoms with E-state index in [0.29, 0.717) is 0 Å². The maximum Gasteiger partial charge on any atom is 0.335 e. The van der Waals surface area contributed by atoms with Gasteiger partial charge in [0.25, 0.3) is 15.9 Å². The first-order valence-corrected chi connectivity index (χ1v) is 11.3. The summed E-state index contributed by atoms with van der Waals surface area (Å²) >= 11 is 0. The Hall–Kier alpha value is -3.42. The quantitative estimate of drug-likeness (QED) is 0.659. The molecule has 0 saturated heterocycles. The number of hydrogen-bond acceptors (Lipinski definition) is 11. The maximum atomic E-state index is 12.7. The predicted octanol–water partition coefficient (Wildman–Crippen LogP) is 2.36. The van der Waals surface area contributed by atoms with Crippen molar-refractivity contribution < 1.29 is 31.9 Å². The van der Waals surface area contributed by atoms with Crippen LogP contribution in [-0.4, -0.2) is 55.6 Å². The minimum absolute atomic E-state index is 0.0233. The Morgan fingerprint density at radius 2 is 1.78 bits per heavy atom. The van der Waals surface area contributed by atoms with Crippen LogP contribution >= 0.6 is 0 Å². The third kappa shape index (κ3) is 6.80. The first-order chi connectivity index (χ1) is 15.3. The molecule has 0 bridgehead atoms. The number of ether oxygens (including phenoxy) is 2. The summed E-state index contributed by atoms with van der Waals surface area (Å²) < 4.78 is 42.6. The highest BCUT2D eigenvalue weighted by molar-refractivity contribution is 7.90. The lowest BCUT2D eigenvalue weighted by molar-refractivity contribution is 0.0653. The Morgan fingerprint density at radius 3 is 2.38 bits per heavy atom. The minimum Gasteiger partial charge on any atom is -0.471 e. The number of urea groups is 1. The topological polar surface area (TPSA) is 167 Å². The molecule has 0 radical (unpaired) electrons. The molecule has 1 aliphatic heterocycles. The average molecular weight is 473 g/mol. The van der Waals surface area contributed by atoms with Gasteiger partial charge in [0.2, 0.25) is 5.95 Å². The first kappa shape index (κ1) is 26.6. The van der Waals surface area contributed by atoms with Crippen LogP contribution in [0.1, 0.15) is 44.8 Å². The van der Waals surface area contributed by atoms with Gasteiger partial charge in [-0.2, -0.15) is 15.0 Å². The van der Waals surface area contributed by atoms with Crippen molar-refractivity contribution in [1.82, 2.24) is 19.7 Å². The van der Waals surface area contributed by atoms with Crippen LogP contribution in [0.4, 0.5) is 10.7 Å². The van der Waals surface area contributed by atoms with Gasteiger partial charge in [-0.25, -0.2) is 17.9 Å². The molecule has 2 N–H and O–H groups in total. The van der Waals surface area contributed by atoms with Gasteiger partial charge in [-0.05, 0) is 19.0 Å². The van der Waals surface area contributed by atoms with Gasteiger partial charge in [0.15, 0.2) is 6.61 Å². The largest absolute Gasteiger partial charge is 0.471 e. The van der Waals surface area contributed by atoms with E-state index in [-0.39, 0.29) is 53.1 Å². The lowest BCUT2D eigenvalue weighted by atomic mass is 10.3. The molecule has 2 aromatic heterocycles. The van der Waals surface area contributed by atoms with E-state index in [1.807, 2.05) is 32.4 Å². The number of nitrogens with zero attached hydrogens (tertiary/aromatic N) is 4. The summed E-state index contributed by atoms with van der Waals surface area (Å²) in [5.41, 5.74) is 0.0233. The second kappa shape index (κ2) is 12.4. The number of anilines is 1. The molecule has 0 aromatic carbocycles. The number of furan rings is 1. The van der Waals surface area contributed by atoms with Crippen molar-refractivity contribution in [3.8, 4) is 6.01 Å². The van der Waals surface area contributed by atoms with Crippen molar-refractivity contribution in [2.24, 2.45) is 5.16 Å². The summed E-state index contributed by atoms with van der Waals surface area (Å²) in [6.07, 6.45) is 1.15. The summed E-state index contributed by atoms with van der Waals surface area (Å²) in [5, 5.41) is 5.87. The fourth-order valence-electron chi connectivity index (χ4n) is 2.26. The molecule has 13 nitrogen and oxygen atoms in total. The fraction of sp³-hybridized carbons (Fsp3) is 0.500. The van der Waals surface area contributed by atoms with Crippen molar-refractivity contribution in [3.63, 3.8) is 0 Å². The highest BCUT2D eigenvalue weighted by atomic mass is 32.2. The van der Waals surface area contributed by atoms with Crippen LogP contribution in [0.15, 0.2) is 20.7 Å². The molecule has 32 heavy (non-hydrogen) atoms. The van der Waals surface area contributed by atoms with Crippen molar-refractivity contribution in [1.29, 1.82) is 0 Å². The SMILES string of the molecule is CC.CC.COc1nc(C)nc(NC(=O)NS(=O)(=O)c2c(C3=NOCCO3)coc2C)n1. The summed E-state index contributed by atoms with van der Waals surface area (Å²) in [7, 11) is -3.01. The molecular formula is C18H28N6O7S. The molecular weight excluding hydrogens is 444 g/mol. The van der Waals surface area contributed by atoms with Crippen LogP contribution < -0.4 is 14.8 Å². The summed E-state index contributed by atoms with van der Waals surface area (Å²) in [6, 6.07) is -1.13. The van der Waals surface area contributed by atoms with E-state index in [1.54, 1.807) is 6.92 Å². The van der Waals surface area contributed by atoms with Crippen LogP contribution in [0.3, 0.4) is 0 Å². The van der Waals surface area contributed by atoms with Crippen LogP contribution in [0.25, 0.3) is 0 Å². The fourth-order valence-corrected chi connectivity index (χ4v) is 3.51. The maximum absolute atomic E-state index is 12.7. The van der Waals surface area contributed by atoms with Gasteiger partial charge in [0, 0.05) is 0 Å². The van der Waals surface area contributed by atoms with Gasteiger partial charge in [-0.1, -0.05) is 27.7 Å². The van der Waals surface area contributed by atoms with Crippen LogP contribution in [-0.2, 0) is 19.6 Å². The molecule has 0 aliphatic carbocycles. The molecule has 2 aromatic rings. The Labute approximate surface area is 186 Å². The van der Waals surface area contributed by atoms with Gasteiger partial charge in [0.1, 0.15) is 29.4 Å². The summed E-state index contributed by atoms with van der Waals surface area (Å²) in [4.78, 5) is 28.3. The summed E-state index contributed by atoms with van der Waals surface area (Å²) in [5.74, 6) is 0.0477. The number of nitrogens with one attached hydrogen (secondary N) is 2. The Morgan fingerprint density at radius 1 is 1.09 bits per heavy atom. The lowest BCUT2D eigenvalue weighted by Gasteiger charge is -2.14. The highest BCUT2D eigenvalue weighted by Crippen LogP contribution is 2.24. The monoisotopic (exact) mass is 472 g/mol. The van der Waals surface area contributed by atoms with Gasteiger partial charge in [0.05, 0.1) is 12.7 Å². The molecule has 3 rings (SSSR count). The average Bonchev–Trinajstić information content (AvgIpc) is 3.18. The zero-order chi connectivity index (χ0) is 24.3. The van der Waals surface area contributed by atoms with Gasteiger partial charge < -0.3 is 18.7 Å². The normalized spacial score (nSPS) is 12.4. The predicted molar refractivity (Wildman–Crippen MR) is 115 cm³/mol. The van der Waals surface area contributed by atoms with E-state index >= 15 is 0 Å². The van der Waals surface area contributed by atoms with E-state index < -0.39 is 16.1 Å². The number of aryl methyl sites for hydroxylation is 2. The number of rotatable bonds is 5. The molecule has 0 atom stereocenters. The van der Waals surface area contributed by atoms with Crippen molar-refractivity contribution in [2.45, 2.75) is 46.4 Å². The number of amides is 2. The Balaban J connectivity index is 0.00000121. The lowest BCUT2D eigenvalue weighted by Crippen LogP contribution is -2.36. The zero-order valence-corrected chi connectivity index (χ0v) is 19.9. The van der Waals surface area contributed by atoms with Crippen molar-refractivity contribution >= 4 is 27.9 Å². The van der Waals surface area contributed by atoms with E-state index in [0.717, 1.165) is 6.26 Å². The number of methoxy groups -OCH3 is 1. The molecule has 1 aliphatic rings. The van der Waals surface area contributed by atoms with Gasteiger partial charge in [-0.15, -0.1) is 0 Å². The number of carbonyl (C=O) groups excluding carboxylic acids is 1. The standard InChI is InChI=1S/C14H16N6O7S.2C2H6/c1-7-10(9(6-26-7)11-19-27-5-4-25-11)28(22,23)20-13(21)17-12-15-8(2)16-14(18-12)24-3;2*1-2/h6H,4-5H2,1-3H3,(H2,15,16,17,18,20,21);2*1-2H3. The van der Waals surface area contributed by atoms with Crippen LogP contribution in [0.5, 0.6) is 6.01 Å². The van der Waals surface area contributed by atoms with E-state index in [2.05, 4.69) is 25.4 Å². The number of oxime groups is 1. The molecule has 0 unspecified atom stereocenters. The number of hydrogen-bond donors (Lipinski definition) is 2. The van der Waals surface area contributed by atoms with Gasteiger partial charge in [-0.3, -0.25) is 5.32 Å². The first-order valence-electron chi connectivity index (χ1n) is 9.82. The zero-order valence-electron chi connectivity index (χ0n) is 19.0. The molecule has 178 valence electrons. The molecule has 3 heterocycles. The summed E-state index contributed by atoms with van der Waals surface area (Å²) in [6.45, 7) is 11.4.